The van der Waals surface area contributed by atoms with Gasteiger partial charge in [0.1, 0.15) is 10.6 Å². The molecule has 6 heteroatoms. The first kappa shape index (κ1) is 11.9. The summed E-state index contributed by atoms with van der Waals surface area (Å²) in [4.78, 5) is 11.1. The number of benzene rings is 1. The summed E-state index contributed by atoms with van der Waals surface area (Å²) in [6, 6.07) is 7.03. The molecule has 0 aliphatic carbocycles. The van der Waals surface area contributed by atoms with E-state index in [0.717, 1.165) is 17.2 Å². The number of aryl methyl sites for hydroxylation is 1. The predicted octanol–water partition coefficient (Wildman–Crippen LogP) is 3.55. The van der Waals surface area contributed by atoms with Crippen LogP contribution < -0.4 is 5.32 Å². The number of anilines is 2. The van der Waals surface area contributed by atoms with Crippen molar-refractivity contribution in [2.75, 3.05) is 5.32 Å². The van der Waals surface area contributed by atoms with E-state index in [9.17, 15) is 4.79 Å². The highest BCUT2D eigenvalue weighted by molar-refractivity contribution is 7.10. The largest absolute Gasteiger partial charge is 0.478 e. The van der Waals surface area contributed by atoms with Crippen molar-refractivity contribution in [3.8, 4) is 0 Å². The van der Waals surface area contributed by atoms with Gasteiger partial charge in [-0.25, -0.2) is 4.79 Å². The quantitative estimate of drug-likeness (QED) is 0.894. The molecule has 2 rings (SSSR count). The Morgan fingerprint density at radius 3 is 2.65 bits per heavy atom. The molecule has 0 unspecified atom stereocenters. The van der Waals surface area contributed by atoms with Gasteiger partial charge in [0.25, 0.3) is 0 Å². The van der Waals surface area contributed by atoms with Gasteiger partial charge in [-0.3, -0.25) is 0 Å². The van der Waals surface area contributed by atoms with Gasteiger partial charge in [-0.1, -0.05) is 11.6 Å². The van der Waals surface area contributed by atoms with Crippen LogP contribution in [0, 0.1) is 6.92 Å². The summed E-state index contributed by atoms with van der Waals surface area (Å²) in [6.07, 6.45) is 0. The molecular formula is C11H9ClN2O2S. The van der Waals surface area contributed by atoms with Crippen LogP contribution in [0.2, 0.25) is 5.02 Å². The van der Waals surface area contributed by atoms with Crippen LogP contribution in [0.1, 0.15) is 16.1 Å². The number of nitrogens with zero attached hydrogens (tertiary/aromatic N) is 1. The van der Waals surface area contributed by atoms with Gasteiger partial charge < -0.3 is 10.4 Å². The third-order valence-electron chi connectivity index (χ3n) is 2.18. The minimum absolute atomic E-state index is 0.213. The molecule has 2 aromatic rings. The zero-order chi connectivity index (χ0) is 12.4. The van der Waals surface area contributed by atoms with Crippen LogP contribution in [0.4, 0.5) is 10.7 Å². The maximum absolute atomic E-state index is 11.1. The summed E-state index contributed by atoms with van der Waals surface area (Å²) < 4.78 is 4.02. The third kappa shape index (κ3) is 2.57. The Morgan fingerprint density at radius 2 is 2.06 bits per heavy atom. The molecular weight excluding hydrogens is 260 g/mol. The standard InChI is InChI=1S/C11H9ClN2O2S/c1-6-9(11(15)16)10(17-14-6)13-8-4-2-7(12)3-5-8/h2-5,13H,1H3,(H,15,16). The van der Waals surface area contributed by atoms with Crippen molar-refractivity contribution in [3.05, 3.63) is 40.5 Å². The van der Waals surface area contributed by atoms with Gasteiger partial charge in [0.05, 0.1) is 5.69 Å². The van der Waals surface area contributed by atoms with E-state index < -0.39 is 5.97 Å². The van der Waals surface area contributed by atoms with Crippen LogP contribution in [-0.4, -0.2) is 15.4 Å². The molecule has 0 saturated heterocycles. The number of carbonyl (C=O) groups is 1. The zero-order valence-electron chi connectivity index (χ0n) is 8.90. The first-order valence-electron chi connectivity index (χ1n) is 4.80. The number of aromatic carboxylic acids is 1. The number of nitrogens with one attached hydrogen (secondary N) is 1. The third-order valence-corrected chi connectivity index (χ3v) is 3.28. The molecule has 1 aromatic carbocycles. The summed E-state index contributed by atoms with van der Waals surface area (Å²) in [5.74, 6) is -0.979. The van der Waals surface area contributed by atoms with Gasteiger partial charge in [-0.05, 0) is 42.7 Å². The number of hydrogen-bond acceptors (Lipinski definition) is 4. The number of rotatable bonds is 3. The highest BCUT2D eigenvalue weighted by Gasteiger charge is 2.17. The fourth-order valence-electron chi connectivity index (χ4n) is 1.37. The van der Waals surface area contributed by atoms with Crippen molar-refractivity contribution in [1.82, 2.24) is 4.37 Å². The van der Waals surface area contributed by atoms with Crippen LogP contribution >= 0.6 is 23.1 Å². The minimum Gasteiger partial charge on any atom is -0.478 e. The fraction of sp³-hybridized carbons (Fsp3) is 0.0909. The summed E-state index contributed by atoms with van der Waals surface area (Å²) >= 11 is 6.90. The van der Waals surface area contributed by atoms with Crippen LogP contribution in [0.25, 0.3) is 0 Å². The maximum atomic E-state index is 11.1. The molecule has 2 N–H and O–H groups in total. The molecule has 0 amide bonds. The molecule has 0 saturated carbocycles. The number of hydrogen-bond donors (Lipinski definition) is 2. The summed E-state index contributed by atoms with van der Waals surface area (Å²) in [5.41, 5.74) is 1.50. The van der Waals surface area contributed by atoms with E-state index in [1.165, 1.54) is 0 Å². The number of carboxylic acid groups (broad SMARTS) is 1. The van der Waals surface area contributed by atoms with E-state index in [4.69, 9.17) is 16.7 Å². The predicted molar refractivity (Wildman–Crippen MR) is 68.5 cm³/mol. The molecule has 88 valence electrons. The topological polar surface area (TPSA) is 62.2 Å². The Kier molecular flexibility index (Phi) is 3.31. The zero-order valence-corrected chi connectivity index (χ0v) is 10.5. The van der Waals surface area contributed by atoms with Crippen molar-refractivity contribution in [2.24, 2.45) is 0 Å². The smallest absolute Gasteiger partial charge is 0.340 e. The molecule has 0 aliphatic rings. The molecule has 0 atom stereocenters. The van der Waals surface area contributed by atoms with Gasteiger partial charge in [0.2, 0.25) is 0 Å². The Balaban J connectivity index is 2.30. The lowest BCUT2D eigenvalue weighted by atomic mass is 10.2. The number of halogens is 1. The van der Waals surface area contributed by atoms with Gasteiger partial charge >= 0.3 is 5.97 Å². The Hall–Kier alpha value is -1.59. The molecule has 0 radical (unpaired) electrons. The lowest BCUT2D eigenvalue weighted by Gasteiger charge is -2.04. The van der Waals surface area contributed by atoms with Gasteiger partial charge in [-0.2, -0.15) is 4.37 Å². The van der Waals surface area contributed by atoms with E-state index in [2.05, 4.69) is 9.69 Å². The normalized spacial score (nSPS) is 10.2. The molecule has 0 spiro atoms. The summed E-state index contributed by atoms with van der Waals surface area (Å²) in [5, 5.41) is 13.2. The SMILES string of the molecule is Cc1nsc(Nc2ccc(Cl)cc2)c1C(=O)O. The molecule has 0 bridgehead atoms. The van der Waals surface area contributed by atoms with Crippen molar-refractivity contribution in [1.29, 1.82) is 0 Å². The monoisotopic (exact) mass is 268 g/mol. The molecule has 1 aromatic heterocycles. The van der Waals surface area contributed by atoms with Crippen LogP contribution in [0.5, 0.6) is 0 Å². The molecule has 1 heterocycles. The average Bonchev–Trinajstić information content (AvgIpc) is 2.63. The molecule has 4 nitrogen and oxygen atoms in total. The first-order valence-corrected chi connectivity index (χ1v) is 5.95. The van der Waals surface area contributed by atoms with Crippen LogP contribution in [0.15, 0.2) is 24.3 Å². The lowest BCUT2D eigenvalue weighted by Crippen LogP contribution is -2.01. The highest BCUT2D eigenvalue weighted by atomic mass is 35.5. The van der Waals surface area contributed by atoms with Crippen molar-refractivity contribution in [2.45, 2.75) is 6.92 Å². The lowest BCUT2D eigenvalue weighted by molar-refractivity contribution is 0.0697. The van der Waals surface area contributed by atoms with Gasteiger partial charge in [-0.15, -0.1) is 0 Å². The summed E-state index contributed by atoms with van der Waals surface area (Å²) in [7, 11) is 0. The maximum Gasteiger partial charge on any atom is 0.340 e. The molecule has 0 fully saturated rings. The van der Waals surface area contributed by atoms with E-state index in [1.54, 1.807) is 31.2 Å². The van der Waals surface area contributed by atoms with Crippen molar-refractivity contribution >= 4 is 39.8 Å². The molecule has 17 heavy (non-hydrogen) atoms. The van der Waals surface area contributed by atoms with Crippen molar-refractivity contribution < 1.29 is 9.90 Å². The Morgan fingerprint density at radius 1 is 1.41 bits per heavy atom. The summed E-state index contributed by atoms with van der Waals surface area (Å²) in [6.45, 7) is 1.67. The number of aromatic nitrogens is 1. The van der Waals surface area contributed by atoms with E-state index >= 15 is 0 Å². The average molecular weight is 269 g/mol. The Labute approximate surface area is 107 Å². The van der Waals surface area contributed by atoms with Crippen LogP contribution in [-0.2, 0) is 0 Å². The second-order valence-electron chi connectivity index (χ2n) is 3.41. The minimum atomic E-state index is -0.979. The van der Waals surface area contributed by atoms with Gasteiger partial charge in [0.15, 0.2) is 0 Å². The van der Waals surface area contributed by atoms with Gasteiger partial charge in [0, 0.05) is 10.7 Å². The number of carboxylic acids is 1. The van der Waals surface area contributed by atoms with E-state index in [1.807, 2.05) is 0 Å². The Bertz CT molecular complexity index is 551. The van der Waals surface area contributed by atoms with Crippen LogP contribution in [0.3, 0.4) is 0 Å². The highest BCUT2D eigenvalue weighted by Crippen LogP contribution is 2.28. The second-order valence-corrected chi connectivity index (χ2v) is 4.62. The molecule has 0 aliphatic heterocycles. The van der Waals surface area contributed by atoms with Crippen molar-refractivity contribution in [3.63, 3.8) is 0 Å². The van der Waals surface area contributed by atoms with E-state index in [0.29, 0.717) is 15.7 Å². The first-order chi connectivity index (χ1) is 8.08. The second kappa shape index (κ2) is 4.73. The van der Waals surface area contributed by atoms with E-state index in [-0.39, 0.29) is 5.56 Å². The fourth-order valence-corrected chi connectivity index (χ4v) is 2.31.